The fourth-order valence-electron chi connectivity index (χ4n) is 3.81. The lowest BCUT2D eigenvalue weighted by molar-refractivity contribution is -0.135. The fourth-order valence-corrected chi connectivity index (χ4v) is 5.31. The fraction of sp³-hybridized carbons (Fsp3) is 0.611. The maximum Gasteiger partial charge on any atom is 0.241 e. The van der Waals surface area contributed by atoms with E-state index in [0.29, 0.717) is 24.4 Å². The molecule has 0 bridgehead atoms. The third-order valence-corrected chi connectivity index (χ3v) is 6.84. The number of benzene rings is 1. The van der Waals surface area contributed by atoms with Crippen LogP contribution in [-0.4, -0.2) is 38.4 Å². The number of carbonyl (C=O) groups excluding carboxylic acids is 1. The number of hydrogen-bond acceptors (Lipinski definition) is 3. The molecule has 1 amide bonds. The molecule has 6 heteroatoms. The minimum Gasteiger partial charge on any atom is -0.341 e. The Bertz CT molecular complexity index is 696. The highest BCUT2D eigenvalue weighted by atomic mass is 32.2. The van der Waals surface area contributed by atoms with Crippen molar-refractivity contribution in [2.45, 2.75) is 56.4 Å². The highest BCUT2D eigenvalue weighted by molar-refractivity contribution is 7.89. The Labute approximate surface area is 144 Å². The van der Waals surface area contributed by atoms with Gasteiger partial charge in [-0.2, -0.15) is 0 Å². The predicted octanol–water partition coefficient (Wildman–Crippen LogP) is 2.45. The van der Waals surface area contributed by atoms with Gasteiger partial charge in [0.25, 0.3) is 0 Å². The van der Waals surface area contributed by atoms with Crippen LogP contribution in [0.15, 0.2) is 29.2 Å². The molecule has 0 radical (unpaired) electrons. The molecular formula is C18H26N2O3S. The maximum absolute atomic E-state index is 12.6. The second-order valence-corrected chi connectivity index (χ2v) is 8.67. The van der Waals surface area contributed by atoms with E-state index in [1.54, 1.807) is 25.1 Å². The van der Waals surface area contributed by atoms with Crippen LogP contribution in [0.5, 0.6) is 0 Å². The molecule has 1 unspecified atom stereocenters. The Kier molecular flexibility index (Phi) is 5.25. The SMILES string of the molecule is Cc1ccccc1S(=O)(=O)NC1CCN(C(=O)C2CCCCC2)C1. The van der Waals surface area contributed by atoms with Crippen LogP contribution in [0.1, 0.15) is 44.1 Å². The molecule has 0 aromatic heterocycles. The summed E-state index contributed by atoms with van der Waals surface area (Å²) in [5.74, 6) is 0.359. The van der Waals surface area contributed by atoms with Gasteiger partial charge in [0.15, 0.2) is 0 Å². The van der Waals surface area contributed by atoms with Gasteiger partial charge in [0, 0.05) is 25.0 Å². The van der Waals surface area contributed by atoms with Crippen LogP contribution < -0.4 is 4.72 Å². The largest absolute Gasteiger partial charge is 0.341 e. The van der Waals surface area contributed by atoms with Crippen molar-refractivity contribution >= 4 is 15.9 Å². The third-order valence-electron chi connectivity index (χ3n) is 5.16. The van der Waals surface area contributed by atoms with E-state index < -0.39 is 10.0 Å². The molecule has 1 heterocycles. The van der Waals surface area contributed by atoms with E-state index in [-0.39, 0.29) is 17.9 Å². The van der Waals surface area contributed by atoms with Gasteiger partial charge in [-0.05, 0) is 37.8 Å². The first kappa shape index (κ1) is 17.4. The molecule has 3 rings (SSSR count). The normalized spacial score (nSPS) is 22.7. The summed E-state index contributed by atoms with van der Waals surface area (Å²) < 4.78 is 27.9. The van der Waals surface area contributed by atoms with Crippen LogP contribution in [0, 0.1) is 12.8 Å². The Balaban J connectivity index is 1.61. The summed E-state index contributed by atoms with van der Waals surface area (Å²) in [4.78, 5) is 14.8. The van der Waals surface area contributed by atoms with E-state index in [2.05, 4.69) is 4.72 Å². The van der Waals surface area contributed by atoms with Crippen LogP contribution in [0.25, 0.3) is 0 Å². The summed E-state index contributed by atoms with van der Waals surface area (Å²) in [7, 11) is -3.54. The third kappa shape index (κ3) is 3.81. The molecular weight excluding hydrogens is 324 g/mol. The number of likely N-dealkylation sites (tertiary alicyclic amines) is 1. The van der Waals surface area contributed by atoms with Gasteiger partial charge in [-0.25, -0.2) is 13.1 Å². The van der Waals surface area contributed by atoms with Gasteiger partial charge < -0.3 is 4.90 Å². The molecule has 1 aromatic rings. The molecule has 0 spiro atoms. The first-order valence-corrected chi connectivity index (χ1v) is 10.3. The van der Waals surface area contributed by atoms with Crippen molar-refractivity contribution in [1.82, 2.24) is 9.62 Å². The highest BCUT2D eigenvalue weighted by Gasteiger charge is 2.33. The monoisotopic (exact) mass is 350 g/mol. The molecule has 1 aliphatic heterocycles. The lowest BCUT2D eigenvalue weighted by Crippen LogP contribution is -2.40. The van der Waals surface area contributed by atoms with E-state index in [0.717, 1.165) is 31.2 Å². The summed E-state index contributed by atoms with van der Waals surface area (Å²) in [6.45, 7) is 2.93. The average Bonchev–Trinajstić information content (AvgIpc) is 3.03. The highest BCUT2D eigenvalue weighted by Crippen LogP contribution is 2.27. The molecule has 1 aliphatic carbocycles. The number of carbonyl (C=O) groups is 1. The van der Waals surface area contributed by atoms with Gasteiger partial charge in [0.2, 0.25) is 15.9 Å². The van der Waals surface area contributed by atoms with Crippen LogP contribution >= 0.6 is 0 Å². The number of aryl methyl sites for hydroxylation is 1. The number of sulfonamides is 1. The summed E-state index contributed by atoms with van der Waals surface area (Å²) in [5.41, 5.74) is 0.734. The van der Waals surface area contributed by atoms with Crippen molar-refractivity contribution in [2.75, 3.05) is 13.1 Å². The Morgan fingerprint density at radius 3 is 2.54 bits per heavy atom. The van der Waals surface area contributed by atoms with E-state index >= 15 is 0 Å². The molecule has 1 saturated heterocycles. The molecule has 1 atom stereocenters. The molecule has 24 heavy (non-hydrogen) atoms. The summed E-state index contributed by atoms with van der Waals surface area (Å²) in [6, 6.07) is 6.78. The Hall–Kier alpha value is -1.40. The van der Waals surface area contributed by atoms with E-state index in [9.17, 15) is 13.2 Å². The molecule has 1 aromatic carbocycles. The van der Waals surface area contributed by atoms with E-state index in [1.165, 1.54) is 6.42 Å². The average molecular weight is 350 g/mol. The lowest BCUT2D eigenvalue weighted by Gasteiger charge is -2.26. The van der Waals surface area contributed by atoms with E-state index in [4.69, 9.17) is 0 Å². The number of rotatable bonds is 4. The van der Waals surface area contributed by atoms with Gasteiger partial charge in [-0.1, -0.05) is 37.5 Å². The second-order valence-electron chi connectivity index (χ2n) is 6.99. The molecule has 1 N–H and O–H groups in total. The standard InChI is InChI=1S/C18H26N2O3S/c1-14-7-5-6-10-17(14)24(22,23)19-16-11-12-20(13-16)18(21)15-8-3-2-4-9-15/h5-7,10,15-16,19H,2-4,8-9,11-13H2,1H3. The van der Waals surface area contributed by atoms with Crippen LogP contribution in [0.2, 0.25) is 0 Å². The first-order valence-electron chi connectivity index (χ1n) is 8.84. The smallest absolute Gasteiger partial charge is 0.241 e. The molecule has 2 aliphatic rings. The van der Waals surface area contributed by atoms with Gasteiger partial charge in [-0.15, -0.1) is 0 Å². The summed E-state index contributed by atoms with van der Waals surface area (Å²) in [6.07, 6.45) is 6.14. The first-order chi connectivity index (χ1) is 11.5. The van der Waals surface area contributed by atoms with Gasteiger partial charge in [-0.3, -0.25) is 4.79 Å². The summed E-state index contributed by atoms with van der Waals surface area (Å²) >= 11 is 0. The van der Waals surface area contributed by atoms with Crippen molar-refractivity contribution < 1.29 is 13.2 Å². The molecule has 2 fully saturated rings. The Morgan fingerprint density at radius 1 is 1.12 bits per heavy atom. The molecule has 132 valence electrons. The van der Waals surface area contributed by atoms with E-state index in [1.807, 2.05) is 11.0 Å². The zero-order valence-electron chi connectivity index (χ0n) is 14.2. The van der Waals surface area contributed by atoms with Crippen molar-refractivity contribution in [3.8, 4) is 0 Å². The molecule has 1 saturated carbocycles. The summed E-state index contributed by atoms with van der Waals surface area (Å²) in [5, 5.41) is 0. The lowest BCUT2D eigenvalue weighted by atomic mass is 9.88. The van der Waals surface area contributed by atoms with Crippen LogP contribution in [0.3, 0.4) is 0 Å². The second kappa shape index (κ2) is 7.23. The predicted molar refractivity (Wildman–Crippen MR) is 93.1 cm³/mol. The van der Waals surface area contributed by atoms with Gasteiger partial charge in [0.05, 0.1) is 4.90 Å². The maximum atomic E-state index is 12.6. The zero-order chi connectivity index (χ0) is 17.2. The Morgan fingerprint density at radius 2 is 1.83 bits per heavy atom. The van der Waals surface area contributed by atoms with Gasteiger partial charge in [0.1, 0.15) is 0 Å². The zero-order valence-corrected chi connectivity index (χ0v) is 15.0. The van der Waals surface area contributed by atoms with Crippen molar-refractivity contribution in [3.05, 3.63) is 29.8 Å². The number of nitrogens with one attached hydrogen (secondary N) is 1. The minimum atomic E-state index is -3.54. The van der Waals surface area contributed by atoms with Crippen molar-refractivity contribution in [1.29, 1.82) is 0 Å². The number of hydrogen-bond donors (Lipinski definition) is 1. The minimum absolute atomic E-state index is 0.144. The van der Waals surface area contributed by atoms with Crippen molar-refractivity contribution in [3.63, 3.8) is 0 Å². The molecule has 5 nitrogen and oxygen atoms in total. The number of nitrogens with zero attached hydrogens (tertiary/aromatic N) is 1. The quantitative estimate of drug-likeness (QED) is 0.907. The van der Waals surface area contributed by atoms with Crippen molar-refractivity contribution in [2.24, 2.45) is 5.92 Å². The van der Waals surface area contributed by atoms with Crippen LogP contribution in [0.4, 0.5) is 0 Å². The van der Waals surface area contributed by atoms with Crippen LogP contribution in [-0.2, 0) is 14.8 Å². The number of amides is 1. The topological polar surface area (TPSA) is 66.5 Å². The van der Waals surface area contributed by atoms with Gasteiger partial charge >= 0.3 is 0 Å².